The first kappa shape index (κ1) is 22.5. The number of rotatable bonds is 8. The number of carbonyl (C=O) groups is 1. The Hall–Kier alpha value is -3.22. The quantitative estimate of drug-likeness (QED) is 0.525. The van der Waals surface area contributed by atoms with Gasteiger partial charge >= 0.3 is 0 Å². The molecule has 3 rings (SSSR count). The van der Waals surface area contributed by atoms with Crippen LogP contribution < -0.4 is 10.0 Å². The molecule has 0 aliphatic carbocycles. The first-order valence-electron chi connectivity index (χ1n) is 10.1. The summed E-state index contributed by atoms with van der Waals surface area (Å²) in [6.07, 6.45) is 3.12. The predicted octanol–water partition coefficient (Wildman–Crippen LogP) is 4.08. The van der Waals surface area contributed by atoms with Crippen LogP contribution >= 0.6 is 0 Å². The van der Waals surface area contributed by atoms with Gasteiger partial charge in [0.2, 0.25) is 15.9 Å². The second-order valence-electron chi connectivity index (χ2n) is 7.25. The van der Waals surface area contributed by atoms with Crippen LogP contribution in [0.2, 0.25) is 0 Å². The van der Waals surface area contributed by atoms with E-state index < -0.39 is 15.6 Å². The third kappa shape index (κ3) is 5.48. The molecule has 6 heteroatoms. The van der Waals surface area contributed by atoms with Crippen LogP contribution in [-0.2, 0) is 20.4 Å². The third-order valence-corrected chi connectivity index (χ3v) is 6.59. The maximum Gasteiger partial charge on any atom is 0.244 e. The van der Waals surface area contributed by atoms with E-state index in [2.05, 4.69) is 10.0 Å². The summed E-state index contributed by atoms with van der Waals surface area (Å²) < 4.78 is 26.5. The van der Waals surface area contributed by atoms with Crippen molar-refractivity contribution in [3.8, 4) is 0 Å². The monoisotopic (exact) mass is 434 g/mol. The fraction of sp³-hybridized carbons (Fsp3) is 0.160. The third-order valence-electron chi connectivity index (χ3n) is 5.03. The van der Waals surface area contributed by atoms with Gasteiger partial charge in [-0.1, -0.05) is 79.7 Å². The van der Waals surface area contributed by atoms with Gasteiger partial charge in [0.05, 0.1) is 10.4 Å². The van der Waals surface area contributed by atoms with Gasteiger partial charge in [0.25, 0.3) is 0 Å². The second kappa shape index (κ2) is 9.73. The molecule has 0 saturated carbocycles. The largest absolute Gasteiger partial charge is 0.339 e. The summed E-state index contributed by atoms with van der Waals surface area (Å²) in [5.41, 5.74) is 1.97. The summed E-state index contributed by atoms with van der Waals surface area (Å²) in [6.45, 7) is 4.03. The molecule has 0 aliphatic heterocycles. The Balaban J connectivity index is 1.80. The van der Waals surface area contributed by atoms with Gasteiger partial charge in [0, 0.05) is 12.6 Å². The molecule has 31 heavy (non-hydrogen) atoms. The predicted molar refractivity (Wildman–Crippen MR) is 124 cm³/mol. The van der Waals surface area contributed by atoms with Crippen molar-refractivity contribution < 1.29 is 13.2 Å². The molecule has 0 bridgehead atoms. The van der Waals surface area contributed by atoms with Gasteiger partial charge in [0.15, 0.2) is 0 Å². The molecule has 2 N–H and O–H groups in total. The molecule has 0 fully saturated rings. The maximum absolute atomic E-state index is 12.8. The zero-order valence-electron chi connectivity index (χ0n) is 17.6. The summed E-state index contributed by atoms with van der Waals surface area (Å²) >= 11 is 0. The average molecular weight is 435 g/mol. The van der Waals surface area contributed by atoms with Gasteiger partial charge < -0.3 is 5.32 Å². The highest BCUT2D eigenvalue weighted by molar-refractivity contribution is 7.89. The van der Waals surface area contributed by atoms with Gasteiger partial charge in [0.1, 0.15) is 0 Å². The standard InChI is InChI=1S/C25H26N2O3S/c1-3-26-31(29,30)23-17-14-20(15-18-23)16-19-24(28)27-25(2,21-10-6-4-7-11-21)22-12-8-5-9-13-22/h4-19,26H,3H2,1-2H3,(H,27,28)/b19-16+. The summed E-state index contributed by atoms with van der Waals surface area (Å²) in [6, 6.07) is 26.0. The lowest BCUT2D eigenvalue weighted by Crippen LogP contribution is -2.43. The Kier molecular flexibility index (Phi) is 7.05. The van der Waals surface area contributed by atoms with Crippen molar-refractivity contribution in [3.63, 3.8) is 0 Å². The highest BCUT2D eigenvalue weighted by Crippen LogP contribution is 2.29. The second-order valence-corrected chi connectivity index (χ2v) is 9.02. The Morgan fingerprint density at radius 1 is 0.871 bits per heavy atom. The van der Waals surface area contributed by atoms with Gasteiger partial charge in [-0.2, -0.15) is 0 Å². The first-order chi connectivity index (χ1) is 14.8. The summed E-state index contributed by atoms with van der Waals surface area (Å²) in [7, 11) is -3.50. The molecule has 0 spiro atoms. The Bertz CT molecular complexity index is 1100. The van der Waals surface area contributed by atoms with Crippen LogP contribution in [0.25, 0.3) is 6.08 Å². The van der Waals surface area contributed by atoms with E-state index >= 15 is 0 Å². The van der Waals surface area contributed by atoms with E-state index in [0.717, 1.165) is 16.7 Å². The summed E-state index contributed by atoms with van der Waals surface area (Å²) in [4.78, 5) is 13.0. The number of carbonyl (C=O) groups excluding carboxylic acids is 1. The molecule has 0 radical (unpaired) electrons. The SMILES string of the molecule is CCNS(=O)(=O)c1ccc(/C=C/C(=O)NC(C)(c2ccccc2)c2ccccc2)cc1. The molecule has 0 saturated heterocycles. The molecule has 0 aromatic heterocycles. The molecule has 3 aromatic carbocycles. The van der Waals surface area contributed by atoms with Crippen molar-refractivity contribution in [2.24, 2.45) is 0 Å². The van der Waals surface area contributed by atoms with Gasteiger partial charge in [-0.3, -0.25) is 4.79 Å². The minimum Gasteiger partial charge on any atom is -0.339 e. The number of sulfonamides is 1. The fourth-order valence-electron chi connectivity index (χ4n) is 3.35. The lowest BCUT2D eigenvalue weighted by atomic mass is 9.84. The highest BCUT2D eigenvalue weighted by atomic mass is 32.2. The van der Waals surface area contributed by atoms with E-state index in [1.807, 2.05) is 67.6 Å². The Labute approximate surface area is 183 Å². The number of hydrogen-bond acceptors (Lipinski definition) is 3. The van der Waals surface area contributed by atoms with E-state index in [1.54, 1.807) is 25.1 Å². The van der Waals surface area contributed by atoms with Crippen molar-refractivity contribution in [1.29, 1.82) is 0 Å². The van der Waals surface area contributed by atoms with Gasteiger partial charge in [-0.15, -0.1) is 0 Å². The normalized spacial score (nSPS) is 12.1. The van der Waals surface area contributed by atoms with Crippen LogP contribution in [0.3, 0.4) is 0 Å². The molecule has 1 amide bonds. The van der Waals surface area contributed by atoms with Crippen molar-refractivity contribution in [3.05, 3.63) is 108 Å². The van der Waals surface area contributed by atoms with Crippen molar-refractivity contribution in [2.75, 3.05) is 6.54 Å². The number of nitrogens with one attached hydrogen (secondary N) is 2. The lowest BCUT2D eigenvalue weighted by Gasteiger charge is -2.31. The number of benzene rings is 3. The Morgan fingerprint density at radius 3 is 1.87 bits per heavy atom. The fourth-order valence-corrected chi connectivity index (χ4v) is 4.39. The minimum atomic E-state index is -3.50. The molecule has 0 aliphatic rings. The van der Waals surface area contributed by atoms with Gasteiger partial charge in [-0.05, 0) is 41.8 Å². The highest BCUT2D eigenvalue weighted by Gasteiger charge is 2.29. The summed E-state index contributed by atoms with van der Waals surface area (Å²) in [5, 5.41) is 3.12. The molecule has 0 heterocycles. The smallest absolute Gasteiger partial charge is 0.244 e. The van der Waals surface area contributed by atoms with E-state index in [0.29, 0.717) is 6.54 Å². The first-order valence-corrected chi connectivity index (χ1v) is 11.5. The molecule has 5 nitrogen and oxygen atoms in total. The number of amides is 1. The molecule has 3 aromatic rings. The molecule has 0 unspecified atom stereocenters. The van der Waals surface area contributed by atoms with Crippen LogP contribution in [0, 0.1) is 0 Å². The molecule has 160 valence electrons. The topological polar surface area (TPSA) is 75.3 Å². The van der Waals surface area contributed by atoms with Crippen LogP contribution in [0.5, 0.6) is 0 Å². The van der Waals surface area contributed by atoms with Gasteiger partial charge in [-0.25, -0.2) is 13.1 Å². The average Bonchev–Trinajstić information content (AvgIpc) is 2.79. The van der Waals surface area contributed by atoms with Crippen molar-refractivity contribution >= 4 is 22.0 Å². The van der Waals surface area contributed by atoms with Crippen LogP contribution in [0.1, 0.15) is 30.5 Å². The van der Waals surface area contributed by atoms with Crippen LogP contribution in [0.15, 0.2) is 95.9 Å². The van der Waals surface area contributed by atoms with E-state index in [9.17, 15) is 13.2 Å². The maximum atomic E-state index is 12.8. The zero-order chi connectivity index (χ0) is 22.3. The van der Waals surface area contributed by atoms with E-state index in [1.165, 1.54) is 18.2 Å². The van der Waals surface area contributed by atoms with Crippen LogP contribution in [-0.4, -0.2) is 20.9 Å². The Morgan fingerprint density at radius 2 is 1.39 bits per heavy atom. The minimum absolute atomic E-state index is 0.191. The molecular weight excluding hydrogens is 408 g/mol. The molecule has 0 atom stereocenters. The van der Waals surface area contributed by atoms with Crippen LogP contribution in [0.4, 0.5) is 0 Å². The van der Waals surface area contributed by atoms with Crippen molar-refractivity contribution in [1.82, 2.24) is 10.0 Å². The van der Waals surface area contributed by atoms with Crippen molar-refractivity contribution in [2.45, 2.75) is 24.3 Å². The van der Waals surface area contributed by atoms with E-state index in [-0.39, 0.29) is 10.8 Å². The number of hydrogen-bond donors (Lipinski definition) is 2. The summed E-state index contributed by atoms with van der Waals surface area (Å²) in [5.74, 6) is -0.250. The van der Waals surface area contributed by atoms with E-state index in [4.69, 9.17) is 0 Å². The zero-order valence-corrected chi connectivity index (χ0v) is 18.4. The molecular formula is C25H26N2O3S. The lowest BCUT2D eigenvalue weighted by molar-refractivity contribution is -0.117.